The summed E-state index contributed by atoms with van der Waals surface area (Å²) in [6.45, 7) is 6.80. The SMILES string of the molecule is CCc1ccccc1-c1cc2[nH]c3c(c2cc1CC)CC(C)C=C3. The van der Waals surface area contributed by atoms with Gasteiger partial charge in [0.05, 0.1) is 0 Å². The molecule has 1 heteroatoms. The quantitative estimate of drug-likeness (QED) is 0.595. The summed E-state index contributed by atoms with van der Waals surface area (Å²) in [5.74, 6) is 0.627. The molecule has 0 bridgehead atoms. The van der Waals surface area contributed by atoms with Gasteiger partial charge in [0.1, 0.15) is 0 Å². The van der Waals surface area contributed by atoms with E-state index in [9.17, 15) is 0 Å². The van der Waals surface area contributed by atoms with E-state index in [0.717, 1.165) is 19.3 Å². The van der Waals surface area contributed by atoms with Gasteiger partial charge >= 0.3 is 0 Å². The highest BCUT2D eigenvalue weighted by molar-refractivity contribution is 5.93. The summed E-state index contributed by atoms with van der Waals surface area (Å²) in [6.07, 6.45) is 7.84. The lowest BCUT2D eigenvalue weighted by Gasteiger charge is -2.14. The van der Waals surface area contributed by atoms with Crippen LogP contribution >= 0.6 is 0 Å². The van der Waals surface area contributed by atoms with E-state index in [1.807, 2.05) is 0 Å². The van der Waals surface area contributed by atoms with E-state index in [4.69, 9.17) is 0 Å². The van der Waals surface area contributed by atoms with Crippen molar-refractivity contribution in [3.63, 3.8) is 0 Å². The Labute approximate surface area is 144 Å². The molecule has 0 fully saturated rings. The minimum atomic E-state index is 0.627. The number of hydrogen-bond acceptors (Lipinski definition) is 0. The lowest BCUT2D eigenvalue weighted by Crippen LogP contribution is -2.01. The zero-order chi connectivity index (χ0) is 16.7. The number of fused-ring (bicyclic) bond motifs is 3. The molecule has 4 rings (SSSR count). The smallest absolute Gasteiger partial charge is 0.0467 e. The van der Waals surface area contributed by atoms with E-state index < -0.39 is 0 Å². The molecule has 1 aromatic heterocycles. The molecule has 0 spiro atoms. The van der Waals surface area contributed by atoms with Gasteiger partial charge < -0.3 is 4.98 Å². The van der Waals surface area contributed by atoms with E-state index >= 15 is 0 Å². The van der Waals surface area contributed by atoms with Crippen LogP contribution in [0.3, 0.4) is 0 Å². The fourth-order valence-corrected chi connectivity index (χ4v) is 4.01. The van der Waals surface area contributed by atoms with Crippen molar-refractivity contribution in [1.82, 2.24) is 4.98 Å². The number of rotatable bonds is 3. The summed E-state index contributed by atoms with van der Waals surface area (Å²) < 4.78 is 0. The summed E-state index contributed by atoms with van der Waals surface area (Å²) in [7, 11) is 0. The molecule has 3 aromatic rings. The average Bonchev–Trinajstić information content (AvgIpc) is 2.97. The summed E-state index contributed by atoms with van der Waals surface area (Å²) in [5, 5.41) is 1.41. The van der Waals surface area contributed by atoms with E-state index in [0.29, 0.717) is 5.92 Å². The van der Waals surface area contributed by atoms with Gasteiger partial charge in [-0.25, -0.2) is 0 Å². The standard InChI is InChI=1S/C23H25N/c1-4-16-8-6-7-9-18(16)19-14-23-21(13-17(19)5-2)20-12-15(3)10-11-22(20)24-23/h6-11,13-15,24H,4-5,12H2,1-3H3. The first-order valence-corrected chi connectivity index (χ1v) is 9.15. The third-order valence-corrected chi connectivity index (χ3v) is 5.35. The number of nitrogens with one attached hydrogen (secondary N) is 1. The van der Waals surface area contributed by atoms with E-state index in [2.05, 4.69) is 74.3 Å². The predicted octanol–water partition coefficient (Wildman–Crippen LogP) is 6.17. The largest absolute Gasteiger partial charge is 0.355 e. The fraction of sp³-hybridized carbons (Fsp3) is 0.304. The van der Waals surface area contributed by atoms with Gasteiger partial charge in [-0.2, -0.15) is 0 Å². The van der Waals surface area contributed by atoms with Gasteiger partial charge in [-0.05, 0) is 71.2 Å². The highest BCUT2D eigenvalue weighted by atomic mass is 14.7. The van der Waals surface area contributed by atoms with Crippen molar-refractivity contribution in [2.24, 2.45) is 5.92 Å². The molecule has 1 N–H and O–H groups in total. The molecule has 1 unspecified atom stereocenters. The molecule has 0 radical (unpaired) electrons. The molecule has 1 aliphatic carbocycles. The molecule has 2 aromatic carbocycles. The molecule has 0 aliphatic heterocycles. The van der Waals surface area contributed by atoms with Gasteiger partial charge in [-0.15, -0.1) is 0 Å². The number of aromatic nitrogens is 1. The highest BCUT2D eigenvalue weighted by Crippen LogP contribution is 2.36. The maximum absolute atomic E-state index is 3.65. The first-order chi connectivity index (χ1) is 11.7. The Balaban J connectivity index is 1.96. The fourth-order valence-electron chi connectivity index (χ4n) is 4.01. The van der Waals surface area contributed by atoms with Crippen LogP contribution in [-0.2, 0) is 19.3 Å². The first-order valence-electron chi connectivity index (χ1n) is 9.15. The molecular formula is C23H25N. The van der Waals surface area contributed by atoms with Crippen LogP contribution in [0.25, 0.3) is 28.1 Å². The lowest BCUT2D eigenvalue weighted by molar-refractivity contribution is 0.720. The zero-order valence-corrected chi connectivity index (χ0v) is 14.8. The van der Waals surface area contributed by atoms with E-state index in [-0.39, 0.29) is 0 Å². The van der Waals surface area contributed by atoms with Crippen molar-refractivity contribution in [2.75, 3.05) is 0 Å². The summed E-state index contributed by atoms with van der Waals surface area (Å²) >= 11 is 0. The van der Waals surface area contributed by atoms with Crippen LogP contribution in [0.2, 0.25) is 0 Å². The number of H-pyrrole nitrogens is 1. The molecule has 1 heterocycles. The summed E-state index contributed by atoms with van der Waals surface area (Å²) in [5.41, 5.74) is 9.71. The van der Waals surface area contributed by atoms with Gasteiger partial charge in [0.15, 0.2) is 0 Å². The lowest BCUT2D eigenvalue weighted by atomic mass is 9.89. The molecule has 122 valence electrons. The Morgan fingerprint density at radius 2 is 1.79 bits per heavy atom. The molecular weight excluding hydrogens is 290 g/mol. The van der Waals surface area contributed by atoms with Crippen LogP contribution in [0.5, 0.6) is 0 Å². The van der Waals surface area contributed by atoms with E-state index in [1.54, 1.807) is 0 Å². The number of hydrogen-bond donors (Lipinski definition) is 1. The number of benzene rings is 2. The van der Waals surface area contributed by atoms with Crippen LogP contribution in [0.15, 0.2) is 42.5 Å². The third kappa shape index (κ3) is 2.39. The first kappa shape index (κ1) is 15.3. The van der Waals surface area contributed by atoms with Crippen molar-refractivity contribution in [1.29, 1.82) is 0 Å². The maximum atomic E-state index is 3.65. The number of allylic oxidation sites excluding steroid dienone is 1. The van der Waals surface area contributed by atoms with Crippen LogP contribution in [0, 0.1) is 5.92 Å². The Bertz CT molecular complexity index is 927. The second kappa shape index (κ2) is 5.98. The molecule has 1 nitrogen and oxygen atoms in total. The highest BCUT2D eigenvalue weighted by Gasteiger charge is 2.18. The Kier molecular flexibility index (Phi) is 3.80. The van der Waals surface area contributed by atoms with E-state index in [1.165, 1.54) is 44.4 Å². The van der Waals surface area contributed by atoms with Crippen molar-refractivity contribution in [3.8, 4) is 11.1 Å². The van der Waals surface area contributed by atoms with Crippen LogP contribution in [0.4, 0.5) is 0 Å². The normalized spacial score (nSPS) is 16.5. The van der Waals surface area contributed by atoms with Gasteiger partial charge in [-0.3, -0.25) is 0 Å². The van der Waals surface area contributed by atoms with Gasteiger partial charge in [0.25, 0.3) is 0 Å². The summed E-state index contributed by atoms with van der Waals surface area (Å²) in [6, 6.07) is 13.6. The Morgan fingerprint density at radius 3 is 2.58 bits per heavy atom. The van der Waals surface area contributed by atoms with Crippen molar-refractivity contribution in [3.05, 3.63) is 64.9 Å². The zero-order valence-electron chi connectivity index (χ0n) is 14.8. The molecule has 1 atom stereocenters. The number of aryl methyl sites for hydroxylation is 2. The van der Waals surface area contributed by atoms with Crippen LogP contribution in [0.1, 0.15) is 43.2 Å². The van der Waals surface area contributed by atoms with Crippen molar-refractivity contribution in [2.45, 2.75) is 40.0 Å². The molecule has 0 saturated carbocycles. The minimum Gasteiger partial charge on any atom is -0.355 e. The van der Waals surface area contributed by atoms with Gasteiger partial charge in [0.2, 0.25) is 0 Å². The predicted molar refractivity (Wildman–Crippen MR) is 104 cm³/mol. The minimum absolute atomic E-state index is 0.627. The summed E-state index contributed by atoms with van der Waals surface area (Å²) in [4.78, 5) is 3.65. The van der Waals surface area contributed by atoms with Gasteiger partial charge in [0, 0.05) is 16.6 Å². The second-order valence-electron chi connectivity index (χ2n) is 6.98. The average molecular weight is 315 g/mol. The van der Waals surface area contributed by atoms with Crippen molar-refractivity contribution >= 4 is 17.0 Å². The second-order valence-corrected chi connectivity index (χ2v) is 6.98. The monoisotopic (exact) mass is 315 g/mol. The molecule has 24 heavy (non-hydrogen) atoms. The topological polar surface area (TPSA) is 15.8 Å². The third-order valence-electron chi connectivity index (χ3n) is 5.35. The van der Waals surface area contributed by atoms with Crippen LogP contribution < -0.4 is 0 Å². The molecule has 0 saturated heterocycles. The molecule has 0 amide bonds. The van der Waals surface area contributed by atoms with Crippen molar-refractivity contribution < 1.29 is 0 Å². The van der Waals surface area contributed by atoms with Crippen LogP contribution in [-0.4, -0.2) is 4.98 Å². The maximum Gasteiger partial charge on any atom is 0.0467 e. The van der Waals surface area contributed by atoms with Gasteiger partial charge in [-0.1, -0.05) is 51.1 Å². The Morgan fingerprint density at radius 1 is 1.00 bits per heavy atom. The Hall–Kier alpha value is -2.28. The molecule has 1 aliphatic rings. The number of aromatic amines is 1.